The predicted octanol–water partition coefficient (Wildman–Crippen LogP) is 3.07. The molecule has 5 heteroatoms. The van der Waals surface area contributed by atoms with Crippen LogP contribution >= 0.6 is 0 Å². The van der Waals surface area contributed by atoms with Gasteiger partial charge in [-0.05, 0) is 45.2 Å². The third-order valence-corrected chi connectivity index (χ3v) is 4.74. The number of nitrogens with zero attached hydrogens (tertiary/aromatic N) is 3. The van der Waals surface area contributed by atoms with E-state index in [0.29, 0.717) is 19.0 Å². The Morgan fingerprint density at radius 3 is 2.90 bits per heavy atom. The second-order valence-electron chi connectivity index (χ2n) is 6.16. The van der Waals surface area contributed by atoms with Crippen LogP contribution in [0.1, 0.15) is 64.6 Å². The van der Waals surface area contributed by atoms with E-state index in [0.717, 1.165) is 37.9 Å². The molecule has 1 aliphatic rings. The maximum absolute atomic E-state index is 11.8. The highest BCUT2D eigenvalue weighted by Gasteiger charge is 2.46. The lowest BCUT2D eigenvalue weighted by Crippen LogP contribution is -2.50. The number of aromatic nitrogens is 2. The Kier molecular flexibility index (Phi) is 5.04. The van der Waals surface area contributed by atoms with Crippen molar-refractivity contribution in [1.29, 1.82) is 0 Å². The van der Waals surface area contributed by atoms with Crippen LogP contribution < -0.4 is 0 Å². The maximum atomic E-state index is 11.8. The van der Waals surface area contributed by atoms with Crippen LogP contribution in [-0.2, 0) is 11.3 Å². The SMILES string of the molecule is CCCC1(C(=O)O)CCCN1Cc1ccn(C(C)CC)n1. The first-order valence-corrected chi connectivity index (χ1v) is 8.06. The van der Waals surface area contributed by atoms with Gasteiger partial charge < -0.3 is 5.11 Å². The molecule has 2 unspecified atom stereocenters. The largest absolute Gasteiger partial charge is 0.480 e. The Morgan fingerprint density at radius 1 is 1.52 bits per heavy atom. The fourth-order valence-corrected chi connectivity index (χ4v) is 3.30. The second-order valence-corrected chi connectivity index (χ2v) is 6.16. The molecule has 21 heavy (non-hydrogen) atoms. The summed E-state index contributed by atoms with van der Waals surface area (Å²) in [7, 11) is 0. The maximum Gasteiger partial charge on any atom is 0.324 e. The molecule has 0 bridgehead atoms. The Labute approximate surface area is 126 Å². The molecular weight excluding hydrogens is 266 g/mol. The first kappa shape index (κ1) is 16.0. The zero-order chi connectivity index (χ0) is 15.5. The average molecular weight is 293 g/mol. The van der Waals surface area contributed by atoms with E-state index >= 15 is 0 Å². The molecule has 1 aliphatic heterocycles. The van der Waals surface area contributed by atoms with E-state index < -0.39 is 11.5 Å². The lowest BCUT2D eigenvalue weighted by molar-refractivity contribution is -0.150. The van der Waals surface area contributed by atoms with Crippen LogP contribution in [-0.4, -0.2) is 37.8 Å². The molecule has 1 N–H and O–H groups in total. The van der Waals surface area contributed by atoms with Crippen molar-refractivity contribution in [2.24, 2.45) is 0 Å². The Bertz CT molecular complexity index is 486. The third-order valence-electron chi connectivity index (χ3n) is 4.74. The topological polar surface area (TPSA) is 58.4 Å². The van der Waals surface area contributed by atoms with Gasteiger partial charge in [-0.25, -0.2) is 0 Å². The number of rotatable bonds is 7. The molecule has 0 radical (unpaired) electrons. The van der Waals surface area contributed by atoms with Crippen LogP contribution in [0, 0.1) is 0 Å². The van der Waals surface area contributed by atoms with Crippen molar-refractivity contribution in [3.05, 3.63) is 18.0 Å². The van der Waals surface area contributed by atoms with E-state index in [1.54, 1.807) is 0 Å². The van der Waals surface area contributed by atoms with Crippen molar-refractivity contribution >= 4 is 5.97 Å². The fourth-order valence-electron chi connectivity index (χ4n) is 3.30. The molecule has 5 nitrogen and oxygen atoms in total. The highest BCUT2D eigenvalue weighted by atomic mass is 16.4. The number of hydrogen-bond acceptors (Lipinski definition) is 3. The molecule has 2 rings (SSSR count). The normalized spacial score (nSPS) is 24.3. The number of hydrogen-bond donors (Lipinski definition) is 1. The lowest BCUT2D eigenvalue weighted by atomic mass is 9.90. The van der Waals surface area contributed by atoms with Crippen LogP contribution in [0.15, 0.2) is 12.3 Å². The number of aliphatic carboxylic acids is 1. The van der Waals surface area contributed by atoms with Gasteiger partial charge >= 0.3 is 5.97 Å². The molecule has 0 saturated carbocycles. The highest BCUT2D eigenvalue weighted by Crippen LogP contribution is 2.35. The van der Waals surface area contributed by atoms with Crippen molar-refractivity contribution in [1.82, 2.24) is 14.7 Å². The van der Waals surface area contributed by atoms with Gasteiger partial charge in [0.25, 0.3) is 0 Å². The van der Waals surface area contributed by atoms with Crippen molar-refractivity contribution < 1.29 is 9.90 Å². The first-order chi connectivity index (χ1) is 10.0. The summed E-state index contributed by atoms with van der Waals surface area (Å²) >= 11 is 0. The van der Waals surface area contributed by atoms with Gasteiger partial charge in [-0.3, -0.25) is 14.4 Å². The van der Waals surface area contributed by atoms with Crippen molar-refractivity contribution in [2.45, 2.75) is 71.0 Å². The molecule has 0 amide bonds. The Morgan fingerprint density at radius 2 is 2.29 bits per heavy atom. The molecule has 0 aliphatic carbocycles. The lowest BCUT2D eigenvalue weighted by Gasteiger charge is -2.34. The van der Waals surface area contributed by atoms with Gasteiger partial charge in [0.2, 0.25) is 0 Å². The molecule has 1 saturated heterocycles. The number of likely N-dealkylation sites (tertiary alicyclic amines) is 1. The molecule has 0 spiro atoms. The van der Waals surface area contributed by atoms with Gasteiger partial charge in [0.05, 0.1) is 5.69 Å². The average Bonchev–Trinajstić information content (AvgIpc) is 3.07. The van der Waals surface area contributed by atoms with Gasteiger partial charge in [0, 0.05) is 18.8 Å². The van der Waals surface area contributed by atoms with Crippen LogP contribution in [0.4, 0.5) is 0 Å². The van der Waals surface area contributed by atoms with E-state index in [1.807, 2.05) is 16.9 Å². The van der Waals surface area contributed by atoms with Crippen LogP contribution in [0.5, 0.6) is 0 Å². The summed E-state index contributed by atoms with van der Waals surface area (Å²) in [6.45, 7) is 7.82. The number of carboxylic acid groups (broad SMARTS) is 1. The molecule has 2 atom stereocenters. The summed E-state index contributed by atoms with van der Waals surface area (Å²) in [5.74, 6) is -0.678. The van der Waals surface area contributed by atoms with E-state index in [4.69, 9.17) is 0 Å². The third kappa shape index (κ3) is 3.12. The summed E-state index contributed by atoms with van der Waals surface area (Å²) < 4.78 is 1.98. The van der Waals surface area contributed by atoms with Gasteiger partial charge in [-0.2, -0.15) is 5.10 Å². The van der Waals surface area contributed by atoms with Gasteiger partial charge in [-0.15, -0.1) is 0 Å². The van der Waals surface area contributed by atoms with Crippen LogP contribution in [0.25, 0.3) is 0 Å². The zero-order valence-corrected chi connectivity index (χ0v) is 13.4. The minimum Gasteiger partial charge on any atom is -0.480 e. The van der Waals surface area contributed by atoms with Gasteiger partial charge in [0.15, 0.2) is 0 Å². The van der Waals surface area contributed by atoms with E-state index in [1.165, 1.54) is 0 Å². The van der Waals surface area contributed by atoms with Gasteiger partial charge in [-0.1, -0.05) is 20.3 Å². The summed E-state index contributed by atoms with van der Waals surface area (Å²) in [4.78, 5) is 13.9. The molecule has 0 aromatic carbocycles. The Balaban J connectivity index is 2.13. The molecule has 2 heterocycles. The summed E-state index contributed by atoms with van der Waals surface area (Å²) in [5, 5.41) is 14.3. The van der Waals surface area contributed by atoms with E-state index in [9.17, 15) is 9.90 Å². The standard InChI is InChI=1S/C16H27N3O2/c1-4-8-16(15(20)21)9-6-10-18(16)12-14-7-11-19(17-14)13(3)5-2/h7,11,13H,4-6,8-10,12H2,1-3H3,(H,20,21). The summed E-state index contributed by atoms with van der Waals surface area (Å²) in [5.41, 5.74) is 0.286. The first-order valence-electron chi connectivity index (χ1n) is 8.06. The minimum atomic E-state index is -0.686. The molecule has 1 aromatic heterocycles. The molecule has 118 valence electrons. The number of carbonyl (C=O) groups is 1. The van der Waals surface area contributed by atoms with Crippen molar-refractivity contribution in [2.75, 3.05) is 6.54 Å². The quantitative estimate of drug-likeness (QED) is 0.839. The second kappa shape index (κ2) is 6.60. The molecular formula is C16H27N3O2. The van der Waals surface area contributed by atoms with Crippen molar-refractivity contribution in [3.63, 3.8) is 0 Å². The van der Waals surface area contributed by atoms with Crippen LogP contribution in [0.3, 0.4) is 0 Å². The summed E-state index contributed by atoms with van der Waals surface area (Å²) in [6.07, 6.45) is 6.36. The van der Waals surface area contributed by atoms with E-state index in [2.05, 4.69) is 30.8 Å². The highest BCUT2D eigenvalue weighted by molar-refractivity contribution is 5.79. The summed E-state index contributed by atoms with van der Waals surface area (Å²) in [6, 6.07) is 2.40. The fraction of sp³-hybridized carbons (Fsp3) is 0.750. The monoisotopic (exact) mass is 293 g/mol. The molecule has 1 fully saturated rings. The smallest absolute Gasteiger partial charge is 0.324 e. The number of carboxylic acids is 1. The minimum absolute atomic E-state index is 0.386. The predicted molar refractivity (Wildman–Crippen MR) is 82.1 cm³/mol. The van der Waals surface area contributed by atoms with Crippen molar-refractivity contribution in [3.8, 4) is 0 Å². The van der Waals surface area contributed by atoms with Crippen LogP contribution in [0.2, 0.25) is 0 Å². The van der Waals surface area contributed by atoms with Gasteiger partial charge in [0.1, 0.15) is 5.54 Å². The Hall–Kier alpha value is -1.36. The van der Waals surface area contributed by atoms with E-state index in [-0.39, 0.29) is 0 Å². The zero-order valence-electron chi connectivity index (χ0n) is 13.4. The molecule has 1 aromatic rings.